The average molecular weight is 338 g/mol. The fourth-order valence-corrected chi connectivity index (χ4v) is 2.44. The molecule has 4 N–H and O–H groups in total. The Morgan fingerprint density at radius 3 is 2.08 bits per heavy atom. The van der Waals surface area contributed by atoms with Crippen LogP contribution in [0.15, 0.2) is 48.5 Å². The Morgan fingerprint density at radius 2 is 1.56 bits per heavy atom. The van der Waals surface area contributed by atoms with Gasteiger partial charge in [0.15, 0.2) is 0 Å². The van der Waals surface area contributed by atoms with Crippen molar-refractivity contribution in [2.75, 3.05) is 0 Å². The number of amides is 1. The van der Waals surface area contributed by atoms with Crippen LogP contribution in [0.5, 0.6) is 0 Å². The van der Waals surface area contributed by atoms with Crippen LogP contribution in [-0.2, 0) is 14.2 Å². The van der Waals surface area contributed by atoms with Crippen LogP contribution < -0.4 is 16.9 Å². The van der Waals surface area contributed by atoms with Crippen LogP contribution in [0.1, 0.15) is 18.4 Å². The zero-order chi connectivity index (χ0) is 18.4. The molecule has 0 aliphatic heterocycles. The lowest BCUT2D eigenvalue weighted by Gasteiger charge is -2.15. The molecule has 0 heterocycles. The van der Waals surface area contributed by atoms with Gasteiger partial charge in [-0.3, -0.25) is 9.59 Å². The molecular weight excluding hydrogens is 315 g/mol. The van der Waals surface area contributed by atoms with Gasteiger partial charge in [0.1, 0.15) is 6.04 Å². The summed E-state index contributed by atoms with van der Waals surface area (Å²) in [5.74, 6) is -1.01. The van der Waals surface area contributed by atoms with Gasteiger partial charge in [-0.05, 0) is 36.8 Å². The lowest BCUT2D eigenvalue weighted by Crippen LogP contribution is -2.40. The Balaban J connectivity index is 1.97. The number of carbonyl (C=O) groups is 2. The molecule has 2 aromatic carbocycles. The number of primary amides is 1. The molecule has 2 rings (SSSR count). The number of hydrogen-bond acceptors (Lipinski definition) is 4. The zero-order valence-corrected chi connectivity index (χ0v) is 14.6. The maximum Gasteiger partial charge on any atom is 0.392 e. The van der Waals surface area contributed by atoms with Crippen LogP contribution >= 0.6 is 0 Å². The highest BCUT2D eigenvalue weighted by molar-refractivity contribution is 6.67. The molecule has 0 fully saturated rings. The third-order valence-corrected chi connectivity index (χ3v) is 4.06. The van der Waals surface area contributed by atoms with Gasteiger partial charge in [-0.2, -0.15) is 0 Å². The van der Waals surface area contributed by atoms with Gasteiger partial charge in [-0.15, -0.1) is 0 Å². The lowest BCUT2D eigenvalue weighted by atomic mass is 9.63. The number of aryl methyl sites for hydroxylation is 1. The third-order valence-electron chi connectivity index (χ3n) is 4.06. The highest BCUT2D eigenvalue weighted by Crippen LogP contribution is 2.18. The average Bonchev–Trinajstić information content (AvgIpc) is 2.60. The molecule has 2 aromatic rings. The van der Waals surface area contributed by atoms with Crippen molar-refractivity contribution in [3.05, 3.63) is 54.1 Å². The second kappa shape index (κ2) is 8.49. The fraction of sp³-hybridized carbons (Fsp3) is 0.263. The quantitative estimate of drug-likeness (QED) is 0.750. The van der Waals surface area contributed by atoms with Crippen LogP contribution in [0.4, 0.5) is 0 Å². The number of hydrogen-bond donors (Lipinski definition) is 2. The minimum absolute atomic E-state index is 0.0654. The summed E-state index contributed by atoms with van der Waals surface area (Å²) in [4.78, 5) is 22.7. The molecule has 25 heavy (non-hydrogen) atoms. The molecule has 1 atom stereocenters. The first-order valence-corrected chi connectivity index (χ1v) is 8.28. The van der Waals surface area contributed by atoms with Crippen molar-refractivity contribution in [2.24, 2.45) is 11.5 Å². The topological polar surface area (TPSA) is 95.4 Å². The van der Waals surface area contributed by atoms with Crippen molar-refractivity contribution in [3.63, 3.8) is 0 Å². The first-order chi connectivity index (χ1) is 11.9. The fourth-order valence-electron chi connectivity index (χ4n) is 2.44. The normalized spacial score (nSPS) is 11.6. The van der Waals surface area contributed by atoms with Gasteiger partial charge in [0.05, 0.1) is 0 Å². The molecule has 6 heteroatoms. The first kappa shape index (κ1) is 18.7. The van der Waals surface area contributed by atoms with Gasteiger partial charge in [0.25, 0.3) is 0 Å². The van der Waals surface area contributed by atoms with Crippen LogP contribution in [-0.4, -0.2) is 24.8 Å². The van der Waals surface area contributed by atoms with E-state index in [1.54, 1.807) is 6.82 Å². The Morgan fingerprint density at radius 1 is 1.04 bits per heavy atom. The lowest BCUT2D eigenvalue weighted by molar-refractivity contribution is -0.136. The summed E-state index contributed by atoms with van der Waals surface area (Å²) in [5.41, 5.74) is 15.1. The molecule has 1 amide bonds. The molecular formula is C19H23BN2O3. The van der Waals surface area contributed by atoms with Crippen LogP contribution in [0.3, 0.4) is 0 Å². The van der Waals surface area contributed by atoms with E-state index >= 15 is 0 Å². The molecule has 0 saturated heterocycles. The first-order valence-electron chi connectivity index (χ1n) is 8.28. The summed E-state index contributed by atoms with van der Waals surface area (Å²) in [6.45, 7) is 3.43. The molecule has 0 aromatic heterocycles. The summed E-state index contributed by atoms with van der Waals surface area (Å²) in [7, 11) is 0. The number of nitrogens with two attached hydrogens (primary N) is 2. The van der Waals surface area contributed by atoms with E-state index in [4.69, 9.17) is 16.1 Å². The summed E-state index contributed by atoms with van der Waals surface area (Å²) >= 11 is 0. The number of benzene rings is 2. The van der Waals surface area contributed by atoms with Crippen molar-refractivity contribution in [3.8, 4) is 11.1 Å². The molecule has 5 nitrogen and oxygen atoms in total. The van der Waals surface area contributed by atoms with Crippen LogP contribution in [0, 0.1) is 6.92 Å². The Hall–Kier alpha value is -2.60. The van der Waals surface area contributed by atoms with E-state index in [0.29, 0.717) is 0 Å². The highest BCUT2D eigenvalue weighted by atomic mass is 16.5. The monoisotopic (exact) mass is 338 g/mol. The molecule has 0 aliphatic carbocycles. The van der Waals surface area contributed by atoms with E-state index in [0.717, 1.165) is 16.6 Å². The van der Waals surface area contributed by atoms with Crippen molar-refractivity contribution >= 4 is 24.3 Å². The summed E-state index contributed by atoms with van der Waals surface area (Å²) in [6.07, 6.45) is 0.253. The number of carbonyl (C=O) groups excluding carboxylic acids is 2. The van der Waals surface area contributed by atoms with Crippen molar-refractivity contribution in [1.29, 1.82) is 0 Å². The Bertz CT molecular complexity index is 729. The maximum atomic E-state index is 12.0. The van der Waals surface area contributed by atoms with Gasteiger partial charge in [0, 0.05) is 6.42 Å². The molecule has 0 saturated carbocycles. The van der Waals surface area contributed by atoms with Gasteiger partial charge >= 0.3 is 12.9 Å². The minimum Gasteiger partial charge on any atom is -0.530 e. The predicted octanol–water partition coefficient (Wildman–Crippen LogP) is 1.63. The van der Waals surface area contributed by atoms with Gasteiger partial charge in [-0.25, -0.2) is 0 Å². The highest BCUT2D eigenvalue weighted by Gasteiger charge is 2.22. The SMILES string of the molecule is CB(OC(=O)C(N)CCC(N)=O)c1ccc(-c2ccc(C)cc2)cc1. The van der Waals surface area contributed by atoms with E-state index in [9.17, 15) is 9.59 Å². The predicted molar refractivity (Wildman–Crippen MR) is 100 cm³/mol. The van der Waals surface area contributed by atoms with Crippen LogP contribution in [0.2, 0.25) is 6.82 Å². The molecule has 0 spiro atoms. The van der Waals surface area contributed by atoms with E-state index < -0.39 is 24.8 Å². The second-order valence-electron chi connectivity index (χ2n) is 6.18. The van der Waals surface area contributed by atoms with Gasteiger partial charge < -0.3 is 16.1 Å². The summed E-state index contributed by atoms with van der Waals surface area (Å²) in [6, 6.07) is 15.3. The molecule has 0 bridgehead atoms. The largest absolute Gasteiger partial charge is 0.530 e. The maximum absolute atomic E-state index is 12.0. The summed E-state index contributed by atoms with van der Waals surface area (Å²) < 4.78 is 5.38. The zero-order valence-electron chi connectivity index (χ0n) is 14.6. The molecule has 1 unspecified atom stereocenters. The van der Waals surface area contributed by atoms with Crippen molar-refractivity contribution in [1.82, 2.24) is 0 Å². The summed E-state index contributed by atoms with van der Waals surface area (Å²) in [5, 5.41) is 0. The Kier molecular flexibility index (Phi) is 6.36. The number of rotatable bonds is 7. The van der Waals surface area contributed by atoms with Crippen molar-refractivity contribution in [2.45, 2.75) is 32.6 Å². The van der Waals surface area contributed by atoms with Crippen molar-refractivity contribution < 1.29 is 14.2 Å². The van der Waals surface area contributed by atoms with E-state index in [1.807, 2.05) is 24.3 Å². The van der Waals surface area contributed by atoms with E-state index in [2.05, 4.69) is 31.2 Å². The molecule has 0 aliphatic rings. The third kappa shape index (κ3) is 5.46. The van der Waals surface area contributed by atoms with Gasteiger partial charge in [0.2, 0.25) is 5.91 Å². The van der Waals surface area contributed by atoms with E-state index in [1.165, 1.54) is 5.56 Å². The smallest absolute Gasteiger partial charge is 0.392 e. The minimum atomic E-state index is -0.846. The van der Waals surface area contributed by atoms with Gasteiger partial charge in [-0.1, -0.05) is 54.1 Å². The molecule has 130 valence electrons. The second-order valence-corrected chi connectivity index (χ2v) is 6.18. The standard InChI is InChI=1S/C19H23BN2O3/c1-13-3-5-14(6-4-13)15-7-9-16(10-8-15)20(2)25-19(24)17(21)11-12-18(22)23/h3-10,17H,11-12,21H2,1-2H3,(H2,22,23). The molecule has 0 radical (unpaired) electrons. The van der Waals surface area contributed by atoms with Crippen LogP contribution in [0.25, 0.3) is 11.1 Å². The van der Waals surface area contributed by atoms with E-state index in [-0.39, 0.29) is 12.8 Å². The Labute approximate surface area is 148 Å².